The van der Waals surface area contributed by atoms with E-state index in [-0.39, 0.29) is 0 Å². The summed E-state index contributed by atoms with van der Waals surface area (Å²) in [6, 6.07) is 9.63. The minimum atomic E-state index is 0.720. The van der Waals surface area contributed by atoms with Gasteiger partial charge >= 0.3 is 0 Å². The van der Waals surface area contributed by atoms with Gasteiger partial charge in [0.25, 0.3) is 0 Å². The molecule has 3 heteroatoms. The third-order valence-electron chi connectivity index (χ3n) is 3.85. The summed E-state index contributed by atoms with van der Waals surface area (Å²) in [6.45, 7) is 7.51. The minimum Gasteiger partial charge on any atom is -0.378 e. The van der Waals surface area contributed by atoms with Crippen molar-refractivity contribution in [3.63, 3.8) is 0 Å². The minimum absolute atomic E-state index is 0.720. The zero-order chi connectivity index (χ0) is 15.0. The summed E-state index contributed by atoms with van der Waals surface area (Å²) in [7, 11) is 6.23. The van der Waals surface area contributed by atoms with Crippen molar-refractivity contribution in [2.45, 2.75) is 39.3 Å². The lowest BCUT2D eigenvalue weighted by Crippen LogP contribution is -2.40. The number of rotatable bonds is 4. The average Bonchev–Trinajstić information content (AvgIpc) is 2.50. The van der Waals surface area contributed by atoms with Gasteiger partial charge in [-0.1, -0.05) is 26.0 Å². The molecule has 1 aromatic rings. The van der Waals surface area contributed by atoms with Crippen LogP contribution < -0.4 is 10.2 Å². The molecule has 1 aliphatic heterocycles. The monoisotopic (exact) mass is 277 g/mol. The number of likely N-dealkylation sites (tertiary alicyclic amines) is 1. The molecule has 1 aliphatic rings. The maximum Gasteiger partial charge on any atom is 0.0361 e. The number of hydrogen-bond acceptors (Lipinski definition) is 3. The fourth-order valence-electron chi connectivity index (χ4n) is 2.54. The topological polar surface area (TPSA) is 18.5 Å². The van der Waals surface area contributed by atoms with Gasteiger partial charge in [0.05, 0.1) is 0 Å². The van der Waals surface area contributed by atoms with Gasteiger partial charge in [0.2, 0.25) is 0 Å². The lowest BCUT2D eigenvalue weighted by Gasteiger charge is -2.31. The molecule has 114 valence electrons. The molecule has 1 saturated heterocycles. The van der Waals surface area contributed by atoms with Gasteiger partial charge in [-0.15, -0.1) is 0 Å². The molecule has 0 amide bonds. The van der Waals surface area contributed by atoms with Gasteiger partial charge in [-0.25, -0.2) is 0 Å². The fraction of sp³-hybridized carbons (Fsp3) is 0.647. The molecule has 0 aromatic heterocycles. The normalized spacial score (nSPS) is 16.4. The van der Waals surface area contributed by atoms with Crippen LogP contribution in [0.5, 0.6) is 0 Å². The zero-order valence-corrected chi connectivity index (χ0v) is 13.8. The van der Waals surface area contributed by atoms with E-state index in [4.69, 9.17) is 0 Å². The van der Waals surface area contributed by atoms with Gasteiger partial charge in [-0.2, -0.15) is 0 Å². The number of piperidine rings is 1. The molecule has 3 nitrogen and oxygen atoms in total. The molecule has 0 bridgehead atoms. The molecular weight excluding hydrogens is 246 g/mol. The second-order valence-electron chi connectivity index (χ2n) is 5.40. The van der Waals surface area contributed by atoms with E-state index in [1.54, 1.807) is 0 Å². The molecular formula is C17H31N3. The molecule has 20 heavy (non-hydrogen) atoms. The summed E-state index contributed by atoms with van der Waals surface area (Å²) in [5.74, 6) is 0. The van der Waals surface area contributed by atoms with E-state index in [0.717, 1.165) is 12.6 Å². The van der Waals surface area contributed by atoms with Crippen molar-refractivity contribution < 1.29 is 0 Å². The molecule has 1 aromatic carbocycles. The van der Waals surface area contributed by atoms with Crippen LogP contribution in [0.4, 0.5) is 5.69 Å². The Bertz CT molecular complexity index is 351. The second kappa shape index (κ2) is 8.98. The summed E-state index contributed by atoms with van der Waals surface area (Å²) in [5, 5.41) is 3.38. The second-order valence-corrected chi connectivity index (χ2v) is 5.40. The van der Waals surface area contributed by atoms with Crippen molar-refractivity contribution in [2.24, 2.45) is 0 Å². The van der Waals surface area contributed by atoms with Gasteiger partial charge < -0.3 is 10.2 Å². The molecule has 0 spiro atoms. The van der Waals surface area contributed by atoms with E-state index in [9.17, 15) is 0 Å². The maximum atomic E-state index is 3.38. The highest BCUT2D eigenvalue weighted by atomic mass is 15.1. The Kier molecular flexibility index (Phi) is 7.63. The van der Waals surface area contributed by atoms with Crippen molar-refractivity contribution in [3.05, 3.63) is 29.8 Å². The highest BCUT2D eigenvalue weighted by Gasteiger charge is 2.17. The van der Waals surface area contributed by atoms with Crippen LogP contribution in [0.15, 0.2) is 24.3 Å². The van der Waals surface area contributed by atoms with Crippen LogP contribution in [0.1, 0.15) is 32.3 Å². The van der Waals surface area contributed by atoms with E-state index in [1.165, 1.54) is 37.2 Å². The molecule has 1 heterocycles. The number of nitrogens with zero attached hydrogens (tertiary/aromatic N) is 2. The van der Waals surface area contributed by atoms with Crippen LogP contribution in [-0.2, 0) is 6.54 Å². The van der Waals surface area contributed by atoms with Crippen LogP contribution in [-0.4, -0.2) is 45.2 Å². The van der Waals surface area contributed by atoms with Crippen molar-refractivity contribution in [2.75, 3.05) is 39.1 Å². The van der Waals surface area contributed by atoms with Crippen molar-refractivity contribution in [1.29, 1.82) is 0 Å². The molecule has 0 atom stereocenters. The first-order chi connectivity index (χ1) is 9.69. The third-order valence-corrected chi connectivity index (χ3v) is 3.85. The molecule has 1 fully saturated rings. The molecule has 0 aliphatic carbocycles. The number of hydrogen-bond donors (Lipinski definition) is 1. The van der Waals surface area contributed by atoms with Crippen molar-refractivity contribution in [1.82, 2.24) is 10.2 Å². The van der Waals surface area contributed by atoms with Gasteiger partial charge in [0.1, 0.15) is 0 Å². The Morgan fingerprint density at radius 1 is 1.10 bits per heavy atom. The molecule has 0 saturated carbocycles. The SMILES string of the molecule is CC.CNC1CCN(Cc2ccc(N(C)C)cc2)CC1. The van der Waals surface area contributed by atoms with Crippen molar-refractivity contribution in [3.8, 4) is 0 Å². The summed E-state index contributed by atoms with van der Waals surface area (Å²) >= 11 is 0. The first kappa shape index (κ1) is 17.0. The van der Waals surface area contributed by atoms with Crippen LogP contribution in [0.25, 0.3) is 0 Å². The van der Waals surface area contributed by atoms with Crippen LogP contribution in [0.3, 0.4) is 0 Å². The van der Waals surface area contributed by atoms with Crippen LogP contribution in [0.2, 0.25) is 0 Å². The maximum absolute atomic E-state index is 3.38. The quantitative estimate of drug-likeness (QED) is 0.913. The lowest BCUT2D eigenvalue weighted by molar-refractivity contribution is 0.194. The van der Waals surface area contributed by atoms with Gasteiger partial charge in [-0.05, 0) is 50.7 Å². The smallest absolute Gasteiger partial charge is 0.0361 e. The third kappa shape index (κ3) is 5.14. The van der Waals surface area contributed by atoms with Crippen LogP contribution >= 0.6 is 0 Å². The Balaban J connectivity index is 0.000000956. The molecule has 1 N–H and O–H groups in total. The van der Waals surface area contributed by atoms with Gasteiger partial charge in [0.15, 0.2) is 0 Å². The number of anilines is 1. The molecule has 2 rings (SSSR count). The first-order valence-corrected chi connectivity index (χ1v) is 7.85. The Morgan fingerprint density at radius 2 is 1.65 bits per heavy atom. The lowest BCUT2D eigenvalue weighted by atomic mass is 10.0. The molecule has 0 unspecified atom stereocenters. The van der Waals surface area contributed by atoms with E-state index in [2.05, 4.69) is 60.5 Å². The first-order valence-electron chi connectivity index (χ1n) is 7.85. The van der Waals surface area contributed by atoms with E-state index in [1.807, 2.05) is 13.8 Å². The summed E-state index contributed by atoms with van der Waals surface area (Å²) in [5.41, 5.74) is 2.69. The molecule has 0 radical (unpaired) electrons. The largest absolute Gasteiger partial charge is 0.378 e. The zero-order valence-electron chi connectivity index (χ0n) is 13.8. The summed E-state index contributed by atoms with van der Waals surface area (Å²) in [4.78, 5) is 4.70. The van der Waals surface area contributed by atoms with Crippen LogP contribution in [0, 0.1) is 0 Å². The van der Waals surface area contributed by atoms with E-state index < -0.39 is 0 Å². The Labute approximate surface area is 125 Å². The standard InChI is InChI=1S/C15H25N3.C2H6/c1-16-14-8-10-18(11-9-14)12-13-4-6-15(7-5-13)17(2)3;1-2/h4-7,14,16H,8-12H2,1-3H3;1-2H3. The average molecular weight is 277 g/mol. The Morgan fingerprint density at radius 3 is 2.10 bits per heavy atom. The van der Waals surface area contributed by atoms with E-state index in [0.29, 0.717) is 0 Å². The fourth-order valence-corrected chi connectivity index (χ4v) is 2.54. The summed E-state index contributed by atoms with van der Waals surface area (Å²) < 4.78 is 0. The highest BCUT2D eigenvalue weighted by Crippen LogP contribution is 2.16. The van der Waals surface area contributed by atoms with E-state index >= 15 is 0 Å². The van der Waals surface area contributed by atoms with Crippen molar-refractivity contribution >= 4 is 5.69 Å². The Hall–Kier alpha value is -1.06. The van der Waals surface area contributed by atoms with Gasteiger partial charge in [0, 0.05) is 32.4 Å². The van der Waals surface area contributed by atoms with Gasteiger partial charge in [-0.3, -0.25) is 4.90 Å². The highest BCUT2D eigenvalue weighted by molar-refractivity contribution is 5.45. The predicted octanol–water partition coefficient (Wildman–Crippen LogP) is 2.96. The predicted molar refractivity (Wildman–Crippen MR) is 89.5 cm³/mol. The number of nitrogens with one attached hydrogen (secondary N) is 1. The number of benzene rings is 1. The summed E-state index contributed by atoms with van der Waals surface area (Å²) in [6.07, 6.45) is 2.54.